The minimum atomic E-state index is -0.480. The highest BCUT2D eigenvalue weighted by molar-refractivity contribution is 6.32. The van der Waals surface area contributed by atoms with Crippen LogP contribution in [0.5, 0.6) is 5.75 Å². The van der Waals surface area contributed by atoms with E-state index >= 15 is 0 Å². The van der Waals surface area contributed by atoms with Crippen LogP contribution in [-0.2, 0) is 4.79 Å². The van der Waals surface area contributed by atoms with Crippen molar-refractivity contribution in [2.75, 3.05) is 25.0 Å². The summed E-state index contributed by atoms with van der Waals surface area (Å²) in [6.07, 6.45) is 0. The highest BCUT2D eigenvalue weighted by atomic mass is 35.5. The Kier molecular flexibility index (Phi) is 6.97. The average Bonchev–Trinajstić information content (AvgIpc) is 2.62. The lowest BCUT2D eigenvalue weighted by Crippen LogP contribution is -2.30. The Labute approximate surface area is 156 Å². The number of carbonyl (C=O) groups excluding carboxylic acids is 2. The van der Waals surface area contributed by atoms with Crippen molar-refractivity contribution in [1.29, 1.82) is 0 Å². The molecule has 0 aliphatic carbocycles. The molecule has 7 heteroatoms. The van der Waals surface area contributed by atoms with Crippen LogP contribution in [-0.4, -0.2) is 36.4 Å². The summed E-state index contributed by atoms with van der Waals surface area (Å²) in [6, 6.07) is 10.3. The third-order valence-corrected chi connectivity index (χ3v) is 4.01. The number of hydrogen-bond acceptors (Lipinski definition) is 3. The summed E-state index contributed by atoms with van der Waals surface area (Å²) in [5, 5.41) is 2.75. The van der Waals surface area contributed by atoms with E-state index in [0.717, 1.165) is 6.07 Å². The SMILES string of the molecule is CCN(CC)C(=O)c1ccc(NC(=O)COc2ccc(F)cc2Cl)cc1. The third-order valence-electron chi connectivity index (χ3n) is 3.72. The van der Waals surface area contributed by atoms with Crippen molar-refractivity contribution < 1.29 is 18.7 Å². The molecule has 2 amide bonds. The Morgan fingerprint density at radius 3 is 2.35 bits per heavy atom. The largest absolute Gasteiger partial charge is 0.482 e. The maximum Gasteiger partial charge on any atom is 0.262 e. The van der Waals surface area contributed by atoms with E-state index in [1.54, 1.807) is 29.2 Å². The van der Waals surface area contributed by atoms with Gasteiger partial charge in [-0.15, -0.1) is 0 Å². The Morgan fingerprint density at radius 1 is 1.12 bits per heavy atom. The fraction of sp³-hybridized carbons (Fsp3) is 0.263. The van der Waals surface area contributed by atoms with Crippen LogP contribution in [0.25, 0.3) is 0 Å². The minimum absolute atomic E-state index is 0.0536. The first-order valence-electron chi connectivity index (χ1n) is 8.21. The first-order valence-corrected chi connectivity index (χ1v) is 8.59. The number of carbonyl (C=O) groups is 2. The molecule has 0 radical (unpaired) electrons. The maximum atomic E-state index is 13.0. The van der Waals surface area contributed by atoms with Crippen LogP contribution >= 0.6 is 11.6 Å². The van der Waals surface area contributed by atoms with Crippen molar-refractivity contribution in [3.63, 3.8) is 0 Å². The van der Waals surface area contributed by atoms with Crippen molar-refractivity contribution in [1.82, 2.24) is 4.90 Å². The van der Waals surface area contributed by atoms with Crippen LogP contribution in [0.3, 0.4) is 0 Å². The summed E-state index contributed by atoms with van der Waals surface area (Å²) in [6.45, 7) is 4.84. The van der Waals surface area contributed by atoms with Gasteiger partial charge in [-0.25, -0.2) is 4.39 Å². The summed E-state index contributed by atoms with van der Waals surface area (Å²) < 4.78 is 18.2. The van der Waals surface area contributed by atoms with E-state index in [-0.39, 0.29) is 23.3 Å². The number of hydrogen-bond donors (Lipinski definition) is 1. The van der Waals surface area contributed by atoms with Gasteiger partial charge in [0.25, 0.3) is 11.8 Å². The Hall–Kier alpha value is -2.60. The van der Waals surface area contributed by atoms with E-state index in [0.29, 0.717) is 24.3 Å². The Bertz CT molecular complexity index is 777. The van der Waals surface area contributed by atoms with Crippen molar-refractivity contribution in [2.24, 2.45) is 0 Å². The quantitative estimate of drug-likeness (QED) is 0.792. The second-order valence-corrected chi connectivity index (χ2v) is 5.87. The van der Waals surface area contributed by atoms with Crippen molar-refractivity contribution in [3.05, 3.63) is 58.9 Å². The van der Waals surface area contributed by atoms with Gasteiger partial charge < -0.3 is 15.0 Å². The number of rotatable bonds is 7. The fourth-order valence-corrected chi connectivity index (χ4v) is 2.54. The van der Waals surface area contributed by atoms with Gasteiger partial charge in [-0.2, -0.15) is 0 Å². The third kappa shape index (κ3) is 5.20. The number of benzene rings is 2. The molecule has 0 aliphatic rings. The lowest BCUT2D eigenvalue weighted by molar-refractivity contribution is -0.118. The molecule has 5 nitrogen and oxygen atoms in total. The summed E-state index contributed by atoms with van der Waals surface area (Å²) in [5.41, 5.74) is 1.10. The van der Waals surface area contributed by atoms with E-state index in [2.05, 4.69) is 5.32 Å². The van der Waals surface area contributed by atoms with Gasteiger partial charge >= 0.3 is 0 Å². The van der Waals surface area contributed by atoms with Crippen LogP contribution in [0, 0.1) is 5.82 Å². The van der Waals surface area contributed by atoms with Crippen LogP contribution in [0.15, 0.2) is 42.5 Å². The standard InChI is InChI=1S/C19H20ClFN2O3/c1-3-23(4-2)19(25)13-5-8-15(9-6-13)22-18(24)12-26-17-10-7-14(21)11-16(17)20/h5-11H,3-4,12H2,1-2H3,(H,22,24). The second-order valence-electron chi connectivity index (χ2n) is 5.47. The number of ether oxygens (including phenoxy) is 1. The summed E-state index contributed by atoms with van der Waals surface area (Å²) in [7, 11) is 0. The number of halogens is 2. The number of amides is 2. The molecule has 0 unspecified atom stereocenters. The molecule has 138 valence electrons. The van der Waals surface area contributed by atoms with Crippen LogP contribution in [0.2, 0.25) is 5.02 Å². The molecule has 0 atom stereocenters. The zero-order valence-corrected chi connectivity index (χ0v) is 15.3. The van der Waals surface area contributed by atoms with Crippen molar-refractivity contribution in [3.8, 4) is 5.75 Å². The minimum Gasteiger partial charge on any atom is -0.482 e. The fourth-order valence-electron chi connectivity index (χ4n) is 2.32. The first-order chi connectivity index (χ1) is 12.4. The van der Waals surface area contributed by atoms with Gasteiger partial charge in [-0.05, 0) is 56.3 Å². The zero-order chi connectivity index (χ0) is 19.1. The molecule has 26 heavy (non-hydrogen) atoms. The predicted molar refractivity (Wildman–Crippen MR) is 99.2 cm³/mol. The van der Waals surface area contributed by atoms with E-state index < -0.39 is 11.7 Å². The van der Waals surface area contributed by atoms with E-state index in [1.807, 2.05) is 13.8 Å². The number of nitrogens with zero attached hydrogens (tertiary/aromatic N) is 1. The predicted octanol–water partition coefficient (Wildman–Crippen LogP) is 3.98. The molecule has 2 aromatic carbocycles. The number of anilines is 1. The van der Waals surface area contributed by atoms with Gasteiger partial charge in [0.2, 0.25) is 0 Å². The Balaban J connectivity index is 1.92. The maximum absolute atomic E-state index is 13.0. The molecule has 0 spiro atoms. The second kappa shape index (κ2) is 9.20. The molecule has 2 rings (SSSR count). The van der Waals surface area contributed by atoms with Crippen LogP contribution in [0.4, 0.5) is 10.1 Å². The van der Waals surface area contributed by atoms with Gasteiger partial charge in [0.15, 0.2) is 6.61 Å². The average molecular weight is 379 g/mol. The highest BCUT2D eigenvalue weighted by Gasteiger charge is 2.12. The molecular weight excluding hydrogens is 359 g/mol. The van der Waals surface area contributed by atoms with Crippen LogP contribution < -0.4 is 10.1 Å². The lowest BCUT2D eigenvalue weighted by atomic mass is 10.2. The smallest absolute Gasteiger partial charge is 0.262 e. The van der Waals surface area contributed by atoms with E-state index in [9.17, 15) is 14.0 Å². The van der Waals surface area contributed by atoms with Gasteiger partial charge in [-0.1, -0.05) is 11.6 Å². The molecule has 0 saturated heterocycles. The topological polar surface area (TPSA) is 58.6 Å². The monoisotopic (exact) mass is 378 g/mol. The highest BCUT2D eigenvalue weighted by Crippen LogP contribution is 2.24. The van der Waals surface area contributed by atoms with E-state index in [4.69, 9.17) is 16.3 Å². The number of nitrogens with one attached hydrogen (secondary N) is 1. The molecule has 1 N–H and O–H groups in total. The van der Waals surface area contributed by atoms with Gasteiger partial charge in [0, 0.05) is 24.3 Å². The molecular formula is C19H20ClFN2O3. The molecule has 0 aromatic heterocycles. The first kappa shape index (κ1) is 19.7. The molecule has 0 saturated carbocycles. The summed E-state index contributed by atoms with van der Waals surface area (Å²) in [5.74, 6) is -0.704. The molecule has 0 aliphatic heterocycles. The van der Waals surface area contributed by atoms with Gasteiger partial charge in [-0.3, -0.25) is 9.59 Å². The Morgan fingerprint density at radius 2 is 1.77 bits per heavy atom. The summed E-state index contributed by atoms with van der Waals surface area (Å²) >= 11 is 5.84. The summed E-state index contributed by atoms with van der Waals surface area (Å²) in [4.78, 5) is 25.9. The van der Waals surface area contributed by atoms with Gasteiger partial charge in [0.05, 0.1) is 5.02 Å². The molecule has 2 aromatic rings. The zero-order valence-electron chi connectivity index (χ0n) is 14.6. The van der Waals surface area contributed by atoms with Gasteiger partial charge in [0.1, 0.15) is 11.6 Å². The van der Waals surface area contributed by atoms with E-state index in [1.165, 1.54) is 12.1 Å². The van der Waals surface area contributed by atoms with Crippen molar-refractivity contribution in [2.45, 2.75) is 13.8 Å². The molecule has 0 bridgehead atoms. The van der Waals surface area contributed by atoms with Crippen LogP contribution in [0.1, 0.15) is 24.2 Å². The molecule has 0 fully saturated rings. The van der Waals surface area contributed by atoms with Crippen molar-refractivity contribution >= 4 is 29.1 Å². The lowest BCUT2D eigenvalue weighted by Gasteiger charge is -2.18. The normalized spacial score (nSPS) is 10.3. The molecule has 0 heterocycles.